The van der Waals surface area contributed by atoms with E-state index in [1.54, 1.807) is 19.1 Å². The molecule has 1 aromatic rings. The highest BCUT2D eigenvalue weighted by molar-refractivity contribution is 5.28. The van der Waals surface area contributed by atoms with Crippen LogP contribution in [0.15, 0.2) is 12.1 Å². The first-order valence-corrected chi connectivity index (χ1v) is 5.81. The quantitative estimate of drug-likeness (QED) is 0.819. The first-order valence-electron chi connectivity index (χ1n) is 5.81. The average Bonchev–Trinajstić information content (AvgIpc) is 2.79. The van der Waals surface area contributed by atoms with Crippen LogP contribution in [-0.4, -0.2) is 0 Å². The summed E-state index contributed by atoms with van der Waals surface area (Å²) < 4.78 is 27.1. The number of nitrogens with two attached hydrogens (primary N) is 1. The third kappa shape index (κ3) is 1.96. The summed E-state index contributed by atoms with van der Waals surface area (Å²) in [5.41, 5.74) is 6.68. The first-order chi connectivity index (χ1) is 7.61. The van der Waals surface area contributed by atoms with E-state index in [9.17, 15) is 8.78 Å². The molecule has 1 atom stereocenters. The fraction of sp³-hybridized carbons (Fsp3) is 0.538. The lowest BCUT2D eigenvalue weighted by Crippen LogP contribution is -2.21. The Labute approximate surface area is 94.7 Å². The Bertz CT molecular complexity index is 384. The van der Waals surface area contributed by atoms with E-state index in [0.717, 1.165) is 25.7 Å². The third-order valence-corrected chi connectivity index (χ3v) is 3.57. The zero-order valence-corrected chi connectivity index (χ0v) is 9.47. The van der Waals surface area contributed by atoms with Crippen molar-refractivity contribution in [2.24, 2.45) is 11.7 Å². The molecule has 1 fully saturated rings. The summed E-state index contributed by atoms with van der Waals surface area (Å²) in [6.45, 7) is 1.56. The molecule has 0 aliphatic heterocycles. The van der Waals surface area contributed by atoms with Gasteiger partial charge in [-0.2, -0.15) is 0 Å². The number of hydrogen-bond acceptors (Lipinski definition) is 1. The Hall–Kier alpha value is -0.960. The van der Waals surface area contributed by atoms with E-state index in [-0.39, 0.29) is 6.04 Å². The van der Waals surface area contributed by atoms with E-state index in [1.165, 1.54) is 0 Å². The minimum atomic E-state index is -0.764. The SMILES string of the molecule is Cc1ccc([C@@H](N)C2CCCC2)c(F)c1F. The predicted octanol–water partition coefficient (Wildman–Crippen LogP) is 3.46. The molecule has 0 spiro atoms. The molecule has 0 aromatic heterocycles. The lowest BCUT2D eigenvalue weighted by Gasteiger charge is -2.20. The van der Waals surface area contributed by atoms with E-state index in [0.29, 0.717) is 17.0 Å². The second-order valence-electron chi connectivity index (χ2n) is 4.67. The molecule has 3 heteroatoms. The molecule has 1 nitrogen and oxygen atoms in total. The van der Waals surface area contributed by atoms with E-state index in [4.69, 9.17) is 5.73 Å². The van der Waals surface area contributed by atoms with E-state index in [1.807, 2.05) is 0 Å². The number of rotatable bonds is 2. The summed E-state index contributed by atoms with van der Waals surface area (Å²) in [5.74, 6) is -1.22. The largest absolute Gasteiger partial charge is 0.324 e. The van der Waals surface area contributed by atoms with Crippen LogP contribution < -0.4 is 5.73 Å². The second kappa shape index (κ2) is 4.50. The highest BCUT2D eigenvalue weighted by Gasteiger charge is 2.26. The van der Waals surface area contributed by atoms with Gasteiger partial charge in [-0.05, 0) is 31.2 Å². The van der Waals surface area contributed by atoms with E-state index >= 15 is 0 Å². The van der Waals surface area contributed by atoms with Crippen LogP contribution in [0.1, 0.15) is 42.9 Å². The Balaban J connectivity index is 2.29. The predicted molar refractivity (Wildman–Crippen MR) is 60.0 cm³/mol. The Kier molecular flexibility index (Phi) is 3.24. The summed E-state index contributed by atoms with van der Waals surface area (Å²) in [7, 11) is 0. The van der Waals surface area contributed by atoms with Crippen molar-refractivity contribution in [2.75, 3.05) is 0 Å². The molecular weight excluding hydrogens is 208 g/mol. The van der Waals surface area contributed by atoms with Crippen LogP contribution in [0.2, 0.25) is 0 Å². The lowest BCUT2D eigenvalue weighted by molar-refractivity contribution is 0.414. The molecule has 0 bridgehead atoms. The highest BCUT2D eigenvalue weighted by atomic mass is 19.2. The van der Waals surface area contributed by atoms with Gasteiger partial charge in [-0.25, -0.2) is 8.78 Å². The third-order valence-electron chi connectivity index (χ3n) is 3.57. The molecule has 1 saturated carbocycles. The van der Waals surface area contributed by atoms with Crippen LogP contribution >= 0.6 is 0 Å². The van der Waals surface area contributed by atoms with Gasteiger partial charge in [0.25, 0.3) is 0 Å². The molecule has 88 valence electrons. The second-order valence-corrected chi connectivity index (χ2v) is 4.67. The van der Waals surface area contributed by atoms with Crippen molar-refractivity contribution >= 4 is 0 Å². The summed E-state index contributed by atoms with van der Waals surface area (Å²) in [4.78, 5) is 0. The molecule has 1 aromatic carbocycles. The van der Waals surface area contributed by atoms with Crippen molar-refractivity contribution in [1.82, 2.24) is 0 Å². The standard InChI is InChI=1S/C13H17F2N/c1-8-6-7-10(12(15)11(8)14)13(16)9-4-2-3-5-9/h6-7,9,13H,2-5,16H2,1H3/t13-/m0/s1. The number of hydrogen-bond donors (Lipinski definition) is 1. The first kappa shape index (κ1) is 11.5. The number of benzene rings is 1. The van der Waals surface area contributed by atoms with Crippen molar-refractivity contribution in [3.8, 4) is 0 Å². The van der Waals surface area contributed by atoms with Crippen molar-refractivity contribution in [3.05, 3.63) is 34.9 Å². The molecule has 1 aliphatic carbocycles. The topological polar surface area (TPSA) is 26.0 Å². The van der Waals surface area contributed by atoms with Gasteiger partial charge in [0.2, 0.25) is 0 Å². The van der Waals surface area contributed by atoms with E-state index in [2.05, 4.69) is 0 Å². The van der Waals surface area contributed by atoms with Gasteiger partial charge in [0, 0.05) is 11.6 Å². The Morgan fingerprint density at radius 1 is 1.19 bits per heavy atom. The van der Waals surface area contributed by atoms with Crippen LogP contribution in [0.4, 0.5) is 8.78 Å². The molecule has 16 heavy (non-hydrogen) atoms. The molecular formula is C13H17F2N. The molecule has 1 aliphatic rings. The molecule has 2 N–H and O–H groups in total. The van der Waals surface area contributed by atoms with Crippen molar-refractivity contribution in [1.29, 1.82) is 0 Å². The molecule has 0 saturated heterocycles. The van der Waals surface area contributed by atoms with Crippen LogP contribution in [0.3, 0.4) is 0 Å². The molecule has 0 unspecified atom stereocenters. The maximum absolute atomic E-state index is 13.7. The Morgan fingerprint density at radius 3 is 2.44 bits per heavy atom. The number of halogens is 2. The fourth-order valence-electron chi connectivity index (χ4n) is 2.49. The minimum Gasteiger partial charge on any atom is -0.324 e. The van der Waals surface area contributed by atoms with Crippen molar-refractivity contribution < 1.29 is 8.78 Å². The molecule has 0 radical (unpaired) electrons. The monoisotopic (exact) mass is 225 g/mol. The summed E-state index contributed by atoms with van der Waals surface area (Å²) >= 11 is 0. The highest BCUT2D eigenvalue weighted by Crippen LogP contribution is 2.35. The Morgan fingerprint density at radius 2 is 1.81 bits per heavy atom. The van der Waals surface area contributed by atoms with Gasteiger partial charge in [-0.3, -0.25) is 0 Å². The van der Waals surface area contributed by atoms with Gasteiger partial charge in [-0.1, -0.05) is 25.0 Å². The summed E-state index contributed by atoms with van der Waals surface area (Å²) in [6, 6.07) is 2.86. The van der Waals surface area contributed by atoms with Gasteiger partial charge in [0.1, 0.15) is 0 Å². The van der Waals surface area contributed by atoms with Crippen molar-refractivity contribution in [3.63, 3.8) is 0 Å². The van der Waals surface area contributed by atoms with Crippen LogP contribution in [0, 0.1) is 24.5 Å². The minimum absolute atomic E-state index is 0.302. The smallest absolute Gasteiger partial charge is 0.163 e. The van der Waals surface area contributed by atoms with Gasteiger partial charge in [-0.15, -0.1) is 0 Å². The van der Waals surface area contributed by atoms with Crippen LogP contribution in [-0.2, 0) is 0 Å². The molecule has 0 heterocycles. The molecule has 0 amide bonds. The summed E-state index contributed by atoms with van der Waals surface area (Å²) in [6.07, 6.45) is 4.34. The zero-order chi connectivity index (χ0) is 11.7. The van der Waals surface area contributed by atoms with Gasteiger partial charge in [0.15, 0.2) is 11.6 Å². The number of aryl methyl sites for hydroxylation is 1. The van der Waals surface area contributed by atoms with Gasteiger partial charge < -0.3 is 5.73 Å². The van der Waals surface area contributed by atoms with Crippen LogP contribution in [0.5, 0.6) is 0 Å². The maximum Gasteiger partial charge on any atom is 0.163 e. The lowest BCUT2D eigenvalue weighted by atomic mass is 9.91. The normalized spacial score (nSPS) is 19.0. The van der Waals surface area contributed by atoms with Gasteiger partial charge in [0.05, 0.1) is 0 Å². The zero-order valence-electron chi connectivity index (χ0n) is 9.47. The van der Waals surface area contributed by atoms with Crippen molar-refractivity contribution in [2.45, 2.75) is 38.6 Å². The van der Waals surface area contributed by atoms with Gasteiger partial charge >= 0.3 is 0 Å². The van der Waals surface area contributed by atoms with Crippen LogP contribution in [0.25, 0.3) is 0 Å². The summed E-state index contributed by atoms with van der Waals surface area (Å²) in [5, 5.41) is 0. The molecule has 2 rings (SSSR count). The van der Waals surface area contributed by atoms with E-state index < -0.39 is 11.6 Å². The maximum atomic E-state index is 13.7. The fourth-order valence-corrected chi connectivity index (χ4v) is 2.49. The average molecular weight is 225 g/mol.